The molecule has 2 aliphatic heterocycles. The van der Waals surface area contributed by atoms with Gasteiger partial charge < -0.3 is 19.2 Å². The molecule has 126 valence electrons. The lowest BCUT2D eigenvalue weighted by atomic mass is 9.81. The van der Waals surface area contributed by atoms with Crippen LogP contribution in [0.25, 0.3) is 0 Å². The van der Waals surface area contributed by atoms with Crippen molar-refractivity contribution in [1.29, 1.82) is 0 Å². The number of hydrogen-bond acceptors (Lipinski definition) is 5. The molecule has 2 fully saturated rings. The first kappa shape index (κ1) is 16.0. The number of carboxylic acids is 1. The molecule has 1 aromatic rings. The number of hydrogen-bond donors (Lipinski definition) is 1. The normalized spacial score (nSPS) is 29.0. The van der Waals surface area contributed by atoms with Crippen LogP contribution in [-0.2, 0) is 9.53 Å². The Morgan fingerprint density at radius 1 is 1.39 bits per heavy atom. The second-order valence-electron chi connectivity index (χ2n) is 6.77. The molecule has 23 heavy (non-hydrogen) atoms. The van der Waals surface area contributed by atoms with Gasteiger partial charge in [0.2, 0.25) is 0 Å². The second kappa shape index (κ2) is 5.96. The number of carbonyl (C=O) groups is 2. The maximum Gasteiger partial charge on any atom is 0.311 e. The Labute approximate surface area is 134 Å². The van der Waals surface area contributed by atoms with E-state index in [2.05, 4.69) is 4.98 Å². The Kier molecular flexibility index (Phi) is 4.14. The van der Waals surface area contributed by atoms with Gasteiger partial charge in [-0.15, -0.1) is 0 Å². The van der Waals surface area contributed by atoms with Crippen LogP contribution in [0.3, 0.4) is 0 Å². The van der Waals surface area contributed by atoms with Crippen molar-refractivity contribution in [3.05, 3.63) is 17.8 Å². The fourth-order valence-corrected chi connectivity index (χ4v) is 3.26. The summed E-state index contributed by atoms with van der Waals surface area (Å²) in [5.41, 5.74) is -0.656. The summed E-state index contributed by atoms with van der Waals surface area (Å²) in [4.78, 5) is 29.9. The van der Waals surface area contributed by atoms with Gasteiger partial charge in [-0.25, -0.2) is 4.98 Å². The van der Waals surface area contributed by atoms with E-state index in [1.165, 1.54) is 6.26 Å². The third-order valence-electron chi connectivity index (χ3n) is 5.19. The standard InChI is InChI=1S/C16H22N2O5/c1-10-7-18(9-16(10,2)15(20)21)14(19)12-8-23-13(17-12)11-3-5-22-6-4-11/h8,10-11H,3-7,9H2,1-2H3,(H,20,21)/t10-,16-/m1/s1. The van der Waals surface area contributed by atoms with Gasteiger partial charge in [0.1, 0.15) is 6.26 Å². The Morgan fingerprint density at radius 2 is 2.09 bits per heavy atom. The predicted octanol–water partition coefficient (Wildman–Crippen LogP) is 1.75. The summed E-state index contributed by atoms with van der Waals surface area (Å²) >= 11 is 0. The summed E-state index contributed by atoms with van der Waals surface area (Å²) in [6.45, 7) is 5.51. The molecule has 3 heterocycles. The summed E-state index contributed by atoms with van der Waals surface area (Å²) in [6, 6.07) is 0. The molecule has 0 bridgehead atoms. The third kappa shape index (κ3) is 2.85. The zero-order valence-electron chi connectivity index (χ0n) is 13.4. The van der Waals surface area contributed by atoms with E-state index in [9.17, 15) is 14.7 Å². The largest absolute Gasteiger partial charge is 0.481 e. The van der Waals surface area contributed by atoms with Gasteiger partial charge in [0.25, 0.3) is 5.91 Å². The molecule has 1 aromatic heterocycles. The Morgan fingerprint density at radius 3 is 2.70 bits per heavy atom. The van der Waals surface area contributed by atoms with Gasteiger partial charge in [-0.2, -0.15) is 0 Å². The van der Waals surface area contributed by atoms with Gasteiger partial charge in [0.15, 0.2) is 11.6 Å². The van der Waals surface area contributed by atoms with Crippen LogP contribution in [0.1, 0.15) is 49.0 Å². The first-order valence-corrected chi connectivity index (χ1v) is 7.97. The molecule has 0 aliphatic carbocycles. The Balaban J connectivity index is 1.72. The molecule has 0 radical (unpaired) electrons. The van der Waals surface area contributed by atoms with Crippen molar-refractivity contribution in [2.24, 2.45) is 11.3 Å². The van der Waals surface area contributed by atoms with Crippen molar-refractivity contribution >= 4 is 11.9 Å². The SMILES string of the molecule is C[C@@H]1CN(C(=O)c2coc(C3CCOCC3)n2)C[C@@]1(C)C(=O)O. The number of oxazole rings is 1. The minimum Gasteiger partial charge on any atom is -0.481 e. The molecule has 3 rings (SSSR count). The van der Waals surface area contributed by atoms with Crippen LogP contribution in [-0.4, -0.2) is 53.2 Å². The molecular weight excluding hydrogens is 300 g/mol. The number of likely N-dealkylation sites (tertiary alicyclic amines) is 1. The molecular formula is C16H22N2O5. The van der Waals surface area contributed by atoms with Crippen molar-refractivity contribution in [3.63, 3.8) is 0 Å². The van der Waals surface area contributed by atoms with Gasteiger partial charge >= 0.3 is 5.97 Å². The summed E-state index contributed by atoms with van der Waals surface area (Å²) in [5.74, 6) is -0.477. The van der Waals surface area contributed by atoms with E-state index in [0.29, 0.717) is 25.6 Å². The second-order valence-corrected chi connectivity index (χ2v) is 6.77. The van der Waals surface area contributed by atoms with E-state index in [4.69, 9.17) is 9.15 Å². The number of amides is 1. The molecule has 1 amide bonds. The van der Waals surface area contributed by atoms with Crippen LogP contribution in [0, 0.1) is 11.3 Å². The van der Waals surface area contributed by atoms with Crippen LogP contribution < -0.4 is 0 Å². The quantitative estimate of drug-likeness (QED) is 0.911. The number of rotatable bonds is 3. The molecule has 2 atom stereocenters. The monoisotopic (exact) mass is 322 g/mol. The minimum atomic E-state index is -0.914. The maximum atomic E-state index is 12.6. The molecule has 1 N–H and O–H groups in total. The highest BCUT2D eigenvalue weighted by molar-refractivity contribution is 5.93. The fourth-order valence-electron chi connectivity index (χ4n) is 3.26. The number of aliphatic carboxylic acids is 1. The van der Waals surface area contributed by atoms with Gasteiger partial charge in [-0.05, 0) is 25.7 Å². The first-order valence-electron chi connectivity index (χ1n) is 7.97. The zero-order chi connectivity index (χ0) is 16.6. The van der Waals surface area contributed by atoms with E-state index in [0.717, 1.165) is 12.8 Å². The maximum absolute atomic E-state index is 12.6. The molecule has 7 heteroatoms. The highest BCUT2D eigenvalue weighted by Gasteiger charge is 2.48. The lowest BCUT2D eigenvalue weighted by Gasteiger charge is -2.22. The van der Waals surface area contributed by atoms with Gasteiger partial charge in [0.05, 0.1) is 5.41 Å². The van der Waals surface area contributed by atoms with E-state index >= 15 is 0 Å². The average Bonchev–Trinajstić information content (AvgIpc) is 3.14. The number of nitrogens with zero attached hydrogens (tertiary/aromatic N) is 2. The highest BCUT2D eigenvalue weighted by Crippen LogP contribution is 2.36. The molecule has 0 saturated carbocycles. The molecule has 0 spiro atoms. The summed E-state index contributed by atoms with van der Waals surface area (Å²) < 4.78 is 10.8. The van der Waals surface area contributed by atoms with Crippen LogP contribution in [0.15, 0.2) is 10.7 Å². The van der Waals surface area contributed by atoms with Gasteiger partial charge in [-0.1, -0.05) is 6.92 Å². The van der Waals surface area contributed by atoms with E-state index in [1.807, 2.05) is 6.92 Å². The predicted molar refractivity (Wildman–Crippen MR) is 80.1 cm³/mol. The van der Waals surface area contributed by atoms with Gasteiger partial charge in [-0.3, -0.25) is 9.59 Å². The number of carbonyl (C=O) groups excluding carboxylic acids is 1. The smallest absolute Gasteiger partial charge is 0.311 e. The van der Waals surface area contributed by atoms with Crippen LogP contribution in [0.2, 0.25) is 0 Å². The van der Waals surface area contributed by atoms with Crippen molar-refractivity contribution in [3.8, 4) is 0 Å². The fraction of sp³-hybridized carbons (Fsp3) is 0.688. The van der Waals surface area contributed by atoms with Crippen LogP contribution >= 0.6 is 0 Å². The average molecular weight is 322 g/mol. The third-order valence-corrected chi connectivity index (χ3v) is 5.19. The van der Waals surface area contributed by atoms with E-state index < -0.39 is 11.4 Å². The zero-order valence-corrected chi connectivity index (χ0v) is 13.4. The molecule has 0 aromatic carbocycles. The van der Waals surface area contributed by atoms with E-state index in [1.54, 1.807) is 11.8 Å². The molecule has 0 unspecified atom stereocenters. The molecule has 2 aliphatic rings. The summed E-state index contributed by atoms with van der Waals surface area (Å²) in [6.07, 6.45) is 3.06. The van der Waals surface area contributed by atoms with Crippen molar-refractivity contribution in [2.75, 3.05) is 26.3 Å². The number of aromatic nitrogens is 1. The Bertz CT molecular complexity index is 607. The highest BCUT2D eigenvalue weighted by atomic mass is 16.5. The summed E-state index contributed by atoms with van der Waals surface area (Å²) in [5, 5.41) is 9.40. The van der Waals surface area contributed by atoms with Crippen molar-refractivity contribution in [2.45, 2.75) is 32.6 Å². The van der Waals surface area contributed by atoms with Crippen molar-refractivity contribution < 1.29 is 23.8 Å². The lowest BCUT2D eigenvalue weighted by molar-refractivity contribution is -0.148. The topological polar surface area (TPSA) is 92.9 Å². The number of ether oxygens (including phenoxy) is 1. The molecule has 7 nitrogen and oxygen atoms in total. The Hall–Kier alpha value is -1.89. The van der Waals surface area contributed by atoms with Crippen molar-refractivity contribution in [1.82, 2.24) is 9.88 Å². The number of carboxylic acid groups (broad SMARTS) is 1. The lowest BCUT2D eigenvalue weighted by Crippen LogP contribution is -2.36. The van der Waals surface area contributed by atoms with Crippen LogP contribution in [0.4, 0.5) is 0 Å². The minimum absolute atomic E-state index is 0.106. The van der Waals surface area contributed by atoms with E-state index in [-0.39, 0.29) is 30.0 Å². The first-order chi connectivity index (χ1) is 10.9. The van der Waals surface area contributed by atoms with Gasteiger partial charge in [0, 0.05) is 32.2 Å². The summed E-state index contributed by atoms with van der Waals surface area (Å²) in [7, 11) is 0. The van der Waals surface area contributed by atoms with Crippen LogP contribution in [0.5, 0.6) is 0 Å². The molecule has 2 saturated heterocycles.